The van der Waals surface area contributed by atoms with Crippen molar-refractivity contribution in [2.75, 3.05) is 19.8 Å². The van der Waals surface area contributed by atoms with Gasteiger partial charge < -0.3 is 20.3 Å². The summed E-state index contributed by atoms with van der Waals surface area (Å²) in [5.41, 5.74) is 0.831. The zero-order chi connectivity index (χ0) is 13.4. The van der Waals surface area contributed by atoms with Crippen LogP contribution in [0.15, 0.2) is 18.2 Å². The Balaban J connectivity index is 2.49. The number of aliphatic hydroxyl groups is 1. The molecule has 0 spiro atoms. The Hall–Kier alpha value is -1.26. The first-order valence-corrected chi connectivity index (χ1v) is 6.44. The van der Waals surface area contributed by atoms with Crippen molar-refractivity contribution < 1.29 is 14.9 Å². The van der Waals surface area contributed by atoms with Gasteiger partial charge >= 0.3 is 0 Å². The molecule has 0 heterocycles. The molecule has 18 heavy (non-hydrogen) atoms. The quantitative estimate of drug-likeness (QED) is 0.662. The highest BCUT2D eigenvalue weighted by Crippen LogP contribution is 2.29. The van der Waals surface area contributed by atoms with Gasteiger partial charge in [-0.05, 0) is 31.9 Å². The predicted molar refractivity (Wildman–Crippen MR) is 71.8 cm³/mol. The van der Waals surface area contributed by atoms with Gasteiger partial charge in [0.05, 0.1) is 6.61 Å². The van der Waals surface area contributed by atoms with Gasteiger partial charge in [0.15, 0.2) is 11.5 Å². The van der Waals surface area contributed by atoms with E-state index in [-0.39, 0.29) is 12.4 Å². The smallest absolute Gasteiger partial charge is 0.162 e. The predicted octanol–water partition coefficient (Wildman–Crippen LogP) is 1.90. The average molecular weight is 253 g/mol. The molecule has 0 aliphatic rings. The zero-order valence-electron chi connectivity index (χ0n) is 11.1. The number of para-hydroxylation sites is 1. The van der Waals surface area contributed by atoms with Crippen LogP contribution in [0, 0.1) is 5.92 Å². The standard InChI is InChI=1S/C14H23NO3/c1-3-18-13-6-4-5-12(14(13)17)10-15-9-11(2)7-8-16/h4-6,11,15-17H,3,7-10H2,1-2H3. The molecule has 1 unspecified atom stereocenters. The summed E-state index contributed by atoms with van der Waals surface area (Å²) in [5.74, 6) is 1.16. The van der Waals surface area contributed by atoms with E-state index >= 15 is 0 Å². The first-order chi connectivity index (χ1) is 8.69. The van der Waals surface area contributed by atoms with Gasteiger partial charge in [-0.15, -0.1) is 0 Å². The number of aliphatic hydroxyl groups excluding tert-OH is 1. The Morgan fingerprint density at radius 3 is 2.83 bits per heavy atom. The molecule has 1 aromatic carbocycles. The van der Waals surface area contributed by atoms with Crippen LogP contribution < -0.4 is 10.1 Å². The summed E-state index contributed by atoms with van der Waals surface area (Å²) in [7, 11) is 0. The SMILES string of the molecule is CCOc1cccc(CNCC(C)CCO)c1O. The van der Waals surface area contributed by atoms with Crippen LogP contribution in [0.2, 0.25) is 0 Å². The molecule has 0 saturated carbocycles. The lowest BCUT2D eigenvalue weighted by molar-refractivity contribution is 0.260. The molecule has 3 N–H and O–H groups in total. The number of hydrogen-bond donors (Lipinski definition) is 3. The summed E-state index contributed by atoms with van der Waals surface area (Å²) >= 11 is 0. The molecule has 102 valence electrons. The summed E-state index contributed by atoms with van der Waals surface area (Å²) in [6.45, 7) is 6.15. The van der Waals surface area contributed by atoms with Crippen LogP contribution >= 0.6 is 0 Å². The van der Waals surface area contributed by atoms with E-state index in [0.717, 1.165) is 18.5 Å². The minimum Gasteiger partial charge on any atom is -0.504 e. The molecule has 0 aliphatic carbocycles. The van der Waals surface area contributed by atoms with E-state index < -0.39 is 0 Å². The van der Waals surface area contributed by atoms with Crippen LogP contribution in [0.5, 0.6) is 11.5 Å². The molecule has 1 rings (SSSR count). The number of benzene rings is 1. The largest absolute Gasteiger partial charge is 0.504 e. The summed E-state index contributed by atoms with van der Waals surface area (Å²) in [4.78, 5) is 0. The summed E-state index contributed by atoms with van der Waals surface area (Å²) in [6, 6.07) is 5.51. The van der Waals surface area contributed by atoms with Crippen molar-refractivity contribution in [2.45, 2.75) is 26.8 Å². The van der Waals surface area contributed by atoms with Crippen molar-refractivity contribution in [3.05, 3.63) is 23.8 Å². The molecule has 4 heteroatoms. The van der Waals surface area contributed by atoms with Crippen molar-refractivity contribution in [2.24, 2.45) is 5.92 Å². The summed E-state index contributed by atoms with van der Waals surface area (Å²) in [5, 5.41) is 22.1. The van der Waals surface area contributed by atoms with Gasteiger partial charge in [0.2, 0.25) is 0 Å². The molecule has 0 amide bonds. The van der Waals surface area contributed by atoms with Crippen LogP contribution in [-0.2, 0) is 6.54 Å². The van der Waals surface area contributed by atoms with Gasteiger partial charge in [-0.25, -0.2) is 0 Å². The van der Waals surface area contributed by atoms with Gasteiger partial charge in [-0.1, -0.05) is 19.1 Å². The van der Waals surface area contributed by atoms with Gasteiger partial charge in [0.1, 0.15) is 0 Å². The molecule has 0 bridgehead atoms. The lowest BCUT2D eigenvalue weighted by Crippen LogP contribution is -2.21. The van der Waals surface area contributed by atoms with Crippen LogP contribution in [0.1, 0.15) is 25.8 Å². The van der Waals surface area contributed by atoms with Crippen molar-refractivity contribution in [3.63, 3.8) is 0 Å². The Morgan fingerprint density at radius 1 is 1.39 bits per heavy atom. The molecular formula is C14H23NO3. The maximum Gasteiger partial charge on any atom is 0.162 e. The second-order valence-electron chi connectivity index (χ2n) is 4.45. The zero-order valence-corrected chi connectivity index (χ0v) is 11.1. The Bertz CT molecular complexity index is 355. The number of hydrogen-bond acceptors (Lipinski definition) is 4. The second kappa shape index (κ2) is 7.95. The van der Waals surface area contributed by atoms with Crippen LogP contribution in [0.3, 0.4) is 0 Å². The fourth-order valence-electron chi connectivity index (χ4n) is 1.76. The fourth-order valence-corrected chi connectivity index (χ4v) is 1.76. The maximum absolute atomic E-state index is 9.98. The van der Waals surface area contributed by atoms with Gasteiger partial charge in [0.25, 0.3) is 0 Å². The first-order valence-electron chi connectivity index (χ1n) is 6.44. The lowest BCUT2D eigenvalue weighted by atomic mass is 10.1. The molecule has 0 aliphatic heterocycles. The monoisotopic (exact) mass is 253 g/mol. The van der Waals surface area contributed by atoms with Gasteiger partial charge in [-0.2, -0.15) is 0 Å². The fraction of sp³-hybridized carbons (Fsp3) is 0.571. The highest BCUT2D eigenvalue weighted by molar-refractivity contribution is 5.45. The number of phenolic OH excluding ortho intramolecular Hbond substituents is 1. The Labute approximate surface area is 109 Å². The van der Waals surface area contributed by atoms with E-state index in [1.165, 1.54) is 0 Å². The molecule has 0 radical (unpaired) electrons. The maximum atomic E-state index is 9.98. The molecular weight excluding hydrogens is 230 g/mol. The number of nitrogens with one attached hydrogen (secondary N) is 1. The second-order valence-corrected chi connectivity index (χ2v) is 4.45. The van der Waals surface area contributed by atoms with Crippen LogP contribution in [-0.4, -0.2) is 30.0 Å². The Kier molecular flexibility index (Phi) is 6.54. The molecule has 0 aromatic heterocycles. The molecule has 0 saturated heterocycles. The minimum absolute atomic E-state index is 0.210. The van der Waals surface area contributed by atoms with E-state index in [2.05, 4.69) is 12.2 Å². The third kappa shape index (κ3) is 4.55. The highest BCUT2D eigenvalue weighted by atomic mass is 16.5. The van der Waals surface area contributed by atoms with Gasteiger partial charge in [0, 0.05) is 18.7 Å². The van der Waals surface area contributed by atoms with Crippen LogP contribution in [0.25, 0.3) is 0 Å². The van der Waals surface area contributed by atoms with E-state index in [4.69, 9.17) is 9.84 Å². The highest BCUT2D eigenvalue weighted by Gasteiger charge is 2.08. The number of aromatic hydroxyl groups is 1. The molecule has 4 nitrogen and oxygen atoms in total. The molecule has 1 aromatic rings. The third-order valence-corrected chi connectivity index (χ3v) is 2.81. The summed E-state index contributed by atoms with van der Waals surface area (Å²) < 4.78 is 5.33. The normalized spacial score (nSPS) is 12.4. The van der Waals surface area contributed by atoms with Gasteiger partial charge in [-0.3, -0.25) is 0 Å². The average Bonchev–Trinajstić information content (AvgIpc) is 2.34. The topological polar surface area (TPSA) is 61.7 Å². The van der Waals surface area contributed by atoms with E-state index in [1.807, 2.05) is 19.1 Å². The van der Waals surface area contributed by atoms with Crippen molar-refractivity contribution >= 4 is 0 Å². The van der Waals surface area contributed by atoms with E-state index in [9.17, 15) is 5.11 Å². The van der Waals surface area contributed by atoms with E-state index in [0.29, 0.717) is 24.8 Å². The molecule has 1 atom stereocenters. The lowest BCUT2D eigenvalue weighted by Gasteiger charge is -2.13. The minimum atomic E-state index is 0.210. The number of rotatable bonds is 8. The van der Waals surface area contributed by atoms with Crippen molar-refractivity contribution in [1.29, 1.82) is 0 Å². The molecule has 0 fully saturated rings. The van der Waals surface area contributed by atoms with E-state index in [1.54, 1.807) is 6.07 Å². The van der Waals surface area contributed by atoms with Crippen LogP contribution in [0.4, 0.5) is 0 Å². The summed E-state index contributed by atoms with van der Waals surface area (Å²) in [6.07, 6.45) is 0.790. The number of phenols is 1. The Morgan fingerprint density at radius 2 is 2.17 bits per heavy atom. The number of ether oxygens (including phenoxy) is 1. The first kappa shape index (κ1) is 14.8. The van der Waals surface area contributed by atoms with Crippen molar-refractivity contribution in [1.82, 2.24) is 5.32 Å². The van der Waals surface area contributed by atoms with Crippen molar-refractivity contribution in [3.8, 4) is 11.5 Å². The third-order valence-electron chi connectivity index (χ3n) is 2.81.